The van der Waals surface area contributed by atoms with Gasteiger partial charge in [-0.05, 0) is 30.2 Å². The number of hydrogen-bond acceptors (Lipinski definition) is 3. The van der Waals surface area contributed by atoms with Crippen molar-refractivity contribution in [2.75, 3.05) is 0 Å². The van der Waals surface area contributed by atoms with E-state index in [0.29, 0.717) is 12.4 Å². The standard InChI is InChI=1S/C17H17N3O2/c1-11-4-2-3-5-12(11)10-22-13-6-7-14-15(8-13)20-17(19-14)9-16(18)21/h2-8H,9-10H2,1H3,(H2,18,21)(H,19,20). The number of aromatic amines is 1. The van der Waals surface area contributed by atoms with Crippen LogP contribution in [0.4, 0.5) is 0 Å². The van der Waals surface area contributed by atoms with Gasteiger partial charge in [-0.25, -0.2) is 4.98 Å². The Balaban J connectivity index is 1.77. The molecule has 0 aliphatic carbocycles. The quantitative estimate of drug-likeness (QED) is 0.758. The molecule has 2 aromatic carbocycles. The van der Waals surface area contributed by atoms with Crippen molar-refractivity contribution in [3.63, 3.8) is 0 Å². The lowest BCUT2D eigenvalue weighted by molar-refractivity contribution is -0.117. The Morgan fingerprint density at radius 2 is 2.09 bits per heavy atom. The predicted molar refractivity (Wildman–Crippen MR) is 84.5 cm³/mol. The monoisotopic (exact) mass is 295 g/mol. The summed E-state index contributed by atoms with van der Waals surface area (Å²) in [6, 6.07) is 13.7. The molecule has 22 heavy (non-hydrogen) atoms. The van der Waals surface area contributed by atoms with Crippen LogP contribution in [0.2, 0.25) is 0 Å². The van der Waals surface area contributed by atoms with E-state index in [2.05, 4.69) is 29.0 Å². The molecule has 0 aliphatic rings. The van der Waals surface area contributed by atoms with Gasteiger partial charge in [0.1, 0.15) is 18.2 Å². The number of hydrogen-bond donors (Lipinski definition) is 2. The molecule has 0 unspecified atom stereocenters. The summed E-state index contributed by atoms with van der Waals surface area (Å²) in [5.41, 5.74) is 9.16. The van der Waals surface area contributed by atoms with Crippen LogP contribution in [0.1, 0.15) is 17.0 Å². The van der Waals surface area contributed by atoms with Crippen LogP contribution in [0.25, 0.3) is 11.0 Å². The Hall–Kier alpha value is -2.82. The molecule has 0 fully saturated rings. The molecule has 0 saturated heterocycles. The van der Waals surface area contributed by atoms with Gasteiger partial charge < -0.3 is 15.5 Å². The van der Waals surface area contributed by atoms with E-state index in [1.165, 1.54) is 5.56 Å². The molecule has 3 aromatic rings. The van der Waals surface area contributed by atoms with Crippen LogP contribution in [0.5, 0.6) is 5.75 Å². The molecule has 1 amide bonds. The third-order valence-electron chi connectivity index (χ3n) is 3.50. The summed E-state index contributed by atoms with van der Waals surface area (Å²) >= 11 is 0. The van der Waals surface area contributed by atoms with E-state index in [9.17, 15) is 4.79 Å². The van der Waals surface area contributed by atoms with Gasteiger partial charge in [-0.1, -0.05) is 24.3 Å². The molecule has 0 bridgehead atoms. The van der Waals surface area contributed by atoms with Gasteiger partial charge in [0.2, 0.25) is 5.91 Å². The van der Waals surface area contributed by atoms with Gasteiger partial charge in [0.25, 0.3) is 0 Å². The first-order valence-corrected chi connectivity index (χ1v) is 7.06. The predicted octanol–water partition coefficient (Wildman–Crippen LogP) is 2.48. The second-order valence-electron chi connectivity index (χ2n) is 5.22. The molecule has 3 N–H and O–H groups in total. The molecular formula is C17H17N3O2. The number of rotatable bonds is 5. The summed E-state index contributed by atoms with van der Waals surface area (Å²) < 4.78 is 5.83. The number of primary amides is 1. The number of nitrogens with two attached hydrogens (primary N) is 1. The molecule has 0 saturated carbocycles. The number of carbonyl (C=O) groups excluding carboxylic acids is 1. The lowest BCUT2D eigenvalue weighted by atomic mass is 10.1. The number of nitrogens with zero attached hydrogens (tertiary/aromatic N) is 1. The summed E-state index contributed by atoms with van der Waals surface area (Å²) in [5.74, 6) is 0.915. The smallest absolute Gasteiger partial charge is 0.225 e. The maximum absolute atomic E-state index is 10.9. The lowest BCUT2D eigenvalue weighted by Gasteiger charge is -2.08. The average Bonchev–Trinajstić information content (AvgIpc) is 2.87. The first-order chi connectivity index (χ1) is 10.6. The van der Waals surface area contributed by atoms with E-state index in [1.807, 2.05) is 30.3 Å². The number of carbonyl (C=O) groups is 1. The minimum atomic E-state index is -0.407. The highest BCUT2D eigenvalue weighted by atomic mass is 16.5. The topological polar surface area (TPSA) is 81.0 Å². The largest absolute Gasteiger partial charge is 0.489 e. The molecule has 0 radical (unpaired) electrons. The molecule has 0 spiro atoms. The molecule has 0 atom stereocenters. The fraction of sp³-hybridized carbons (Fsp3) is 0.176. The average molecular weight is 295 g/mol. The molecular weight excluding hydrogens is 278 g/mol. The second-order valence-corrected chi connectivity index (χ2v) is 5.22. The summed E-state index contributed by atoms with van der Waals surface area (Å²) in [6.45, 7) is 2.58. The number of fused-ring (bicyclic) bond motifs is 1. The van der Waals surface area contributed by atoms with Crippen LogP contribution in [-0.2, 0) is 17.8 Å². The van der Waals surface area contributed by atoms with Gasteiger partial charge in [-0.2, -0.15) is 0 Å². The molecule has 1 heterocycles. The van der Waals surface area contributed by atoms with Crippen molar-refractivity contribution in [1.82, 2.24) is 9.97 Å². The van der Waals surface area contributed by atoms with Gasteiger partial charge in [0.15, 0.2) is 0 Å². The van der Waals surface area contributed by atoms with E-state index in [4.69, 9.17) is 10.5 Å². The van der Waals surface area contributed by atoms with E-state index in [1.54, 1.807) is 0 Å². The number of H-pyrrole nitrogens is 1. The van der Waals surface area contributed by atoms with Crippen molar-refractivity contribution in [1.29, 1.82) is 0 Å². The van der Waals surface area contributed by atoms with Crippen LogP contribution < -0.4 is 10.5 Å². The van der Waals surface area contributed by atoms with Gasteiger partial charge in [-0.15, -0.1) is 0 Å². The van der Waals surface area contributed by atoms with Crippen molar-refractivity contribution in [2.24, 2.45) is 5.73 Å². The Labute approximate surface area is 128 Å². The van der Waals surface area contributed by atoms with Crippen molar-refractivity contribution in [3.8, 4) is 5.75 Å². The number of aryl methyl sites for hydroxylation is 1. The van der Waals surface area contributed by atoms with E-state index < -0.39 is 5.91 Å². The van der Waals surface area contributed by atoms with Crippen LogP contribution in [0.3, 0.4) is 0 Å². The normalized spacial score (nSPS) is 10.8. The highest BCUT2D eigenvalue weighted by Gasteiger charge is 2.07. The van der Waals surface area contributed by atoms with Gasteiger partial charge >= 0.3 is 0 Å². The Morgan fingerprint density at radius 3 is 2.86 bits per heavy atom. The minimum absolute atomic E-state index is 0.105. The Bertz CT molecular complexity index is 824. The number of aromatic nitrogens is 2. The number of nitrogens with one attached hydrogen (secondary N) is 1. The van der Waals surface area contributed by atoms with Crippen LogP contribution in [0.15, 0.2) is 42.5 Å². The Kier molecular flexibility index (Phi) is 3.78. The van der Waals surface area contributed by atoms with E-state index >= 15 is 0 Å². The summed E-state index contributed by atoms with van der Waals surface area (Å²) in [6.07, 6.45) is 0.105. The van der Waals surface area contributed by atoms with Gasteiger partial charge in [0, 0.05) is 6.07 Å². The van der Waals surface area contributed by atoms with Crippen molar-refractivity contribution in [3.05, 3.63) is 59.4 Å². The highest BCUT2D eigenvalue weighted by molar-refractivity contribution is 5.80. The van der Waals surface area contributed by atoms with Crippen LogP contribution in [0, 0.1) is 6.92 Å². The highest BCUT2D eigenvalue weighted by Crippen LogP contribution is 2.21. The first-order valence-electron chi connectivity index (χ1n) is 7.06. The third kappa shape index (κ3) is 3.09. The molecule has 5 nitrogen and oxygen atoms in total. The summed E-state index contributed by atoms with van der Waals surface area (Å²) in [4.78, 5) is 18.3. The van der Waals surface area contributed by atoms with Crippen molar-refractivity contribution in [2.45, 2.75) is 20.0 Å². The van der Waals surface area contributed by atoms with Gasteiger partial charge in [0.05, 0.1) is 17.5 Å². The summed E-state index contributed by atoms with van der Waals surface area (Å²) in [5, 5.41) is 0. The number of amides is 1. The first kappa shape index (κ1) is 14.1. The number of imidazole rings is 1. The zero-order valence-electron chi connectivity index (χ0n) is 12.3. The van der Waals surface area contributed by atoms with E-state index in [-0.39, 0.29) is 6.42 Å². The molecule has 1 aromatic heterocycles. The lowest BCUT2D eigenvalue weighted by Crippen LogP contribution is -2.14. The molecule has 5 heteroatoms. The molecule has 3 rings (SSSR count). The number of benzene rings is 2. The maximum Gasteiger partial charge on any atom is 0.225 e. The molecule has 0 aliphatic heterocycles. The van der Waals surface area contributed by atoms with E-state index in [0.717, 1.165) is 22.3 Å². The zero-order valence-corrected chi connectivity index (χ0v) is 12.3. The van der Waals surface area contributed by atoms with Crippen molar-refractivity contribution >= 4 is 16.9 Å². The van der Waals surface area contributed by atoms with Crippen LogP contribution in [-0.4, -0.2) is 15.9 Å². The molecule has 112 valence electrons. The minimum Gasteiger partial charge on any atom is -0.489 e. The Morgan fingerprint density at radius 1 is 1.27 bits per heavy atom. The fourth-order valence-corrected chi connectivity index (χ4v) is 2.31. The third-order valence-corrected chi connectivity index (χ3v) is 3.50. The van der Waals surface area contributed by atoms with Gasteiger partial charge in [-0.3, -0.25) is 4.79 Å². The number of ether oxygens (including phenoxy) is 1. The van der Waals surface area contributed by atoms with Crippen LogP contribution >= 0.6 is 0 Å². The second kappa shape index (κ2) is 5.89. The fourth-order valence-electron chi connectivity index (χ4n) is 2.31. The van der Waals surface area contributed by atoms with Crippen molar-refractivity contribution < 1.29 is 9.53 Å². The SMILES string of the molecule is Cc1ccccc1COc1ccc2nc(CC(N)=O)[nH]c2c1. The maximum atomic E-state index is 10.9. The zero-order chi connectivity index (χ0) is 15.5. The summed E-state index contributed by atoms with van der Waals surface area (Å²) in [7, 11) is 0.